The molecule has 5 heteroatoms. The van der Waals surface area contributed by atoms with Gasteiger partial charge in [0.2, 0.25) is 5.91 Å². The van der Waals surface area contributed by atoms with E-state index < -0.39 is 0 Å². The van der Waals surface area contributed by atoms with Gasteiger partial charge < -0.3 is 9.64 Å². The number of piperidine rings is 1. The smallest absolute Gasteiger partial charge is 0.236 e. The Morgan fingerprint density at radius 1 is 1.06 bits per heavy atom. The Hall–Kier alpha value is -1.17. The number of carbonyl (C=O) groups is 1. The van der Waals surface area contributed by atoms with Crippen LogP contribution >= 0.6 is 0 Å². The lowest BCUT2D eigenvalue weighted by atomic mass is 9.78. The van der Waals surface area contributed by atoms with Gasteiger partial charge in [-0.2, -0.15) is 0 Å². The molecule has 174 valence electrons. The number of amides is 1. The van der Waals surface area contributed by atoms with Crippen molar-refractivity contribution in [3.05, 3.63) is 23.8 Å². The highest BCUT2D eigenvalue weighted by atomic mass is 16.5. The van der Waals surface area contributed by atoms with Crippen LogP contribution in [0.15, 0.2) is 23.8 Å². The lowest BCUT2D eigenvalue weighted by Crippen LogP contribution is -2.55. The van der Waals surface area contributed by atoms with Gasteiger partial charge in [0, 0.05) is 46.4 Å². The zero-order chi connectivity index (χ0) is 21.6. The first-order valence-electron chi connectivity index (χ1n) is 12.8. The van der Waals surface area contributed by atoms with Crippen LogP contribution in [0.4, 0.5) is 0 Å². The molecule has 4 aliphatic rings. The summed E-state index contributed by atoms with van der Waals surface area (Å²) in [6, 6.07) is 0.400. The van der Waals surface area contributed by atoms with Crippen LogP contribution < -0.4 is 0 Å². The van der Waals surface area contributed by atoms with Crippen molar-refractivity contribution in [3.63, 3.8) is 0 Å². The van der Waals surface area contributed by atoms with Gasteiger partial charge in [0.15, 0.2) is 0 Å². The third kappa shape index (κ3) is 5.80. The van der Waals surface area contributed by atoms with Gasteiger partial charge in [-0.3, -0.25) is 14.6 Å². The Kier molecular flexibility index (Phi) is 8.24. The average Bonchev–Trinajstić information content (AvgIpc) is 2.84. The zero-order valence-corrected chi connectivity index (χ0v) is 19.8. The fourth-order valence-electron chi connectivity index (χ4n) is 6.14. The molecule has 1 amide bonds. The van der Waals surface area contributed by atoms with Crippen molar-refractivity contribution in [2.75, 3.05) is 52.9 Å². The Bertz CT molecular complexity index is 645. The van der Waals surface area contributed by atoms with E-state index in [4.69, 9.17) is 4.74 Å². The van der Waals surface area contributed by atoms with E-state index in [1.807, 2.05) is 7.11 Å². The van der Waals surface area contributed by atoms with E-state index in [0.29, 0.717) is 30.5 Å². The second kappa shape index (κ2) is 11.1. The second-order valence-corrected chi connectivity index (χ2v) is 10.1. The molecular weight excluding hydrogens is 386 g/mol. The highest BCUT2D eigenvalue weighted by molar-refractivity contribution is 5.78. The normalized spacial score (nSPS) is 30.3. The van der Waals surface area contributed by atoms with Gasteiger partial charge in [-0.1, -0.05) is 30.7 Å². The van der Waals surface area contributed by atoms with Crippen LogP contribution in [0, 0.1) is 11.8 Å². The maximum atomic E-state index is 13.0. The van der Waals surface area contributed by atoms with Crippen molar-refractivity contribution in [2.45, 2.75) is 70.4 Å². The molecule has 2 aliphatic carbocycles. The number of methoxy groups -OCH3 is 1. The first-order chi connectivity index (χ1) is 15.2. The maximum Gasteiger partial charge on any atom is 0.236 e. The van der Waals surface area contributed by atoms with E-state index >= 15 is 0 Å². The largest absolute Gasteiger partial charge is 0.379 e. The maximum absolute atomic E-state index is 13.0. The Labute approximate surface area is 189 Å². The van der Waals surface area contributed by atoms with Gasteiger partial charge in [0.05, 0.1) is 18.7 Å². The molecule has 0 aromatic rings. The van der Waals surface area contributed by atoms with Crippen molar-refractivity contribution in [1.82, 2.24) is 14.7 Å². The molecule has 0 N–H and O–H groups in total. The molecule has 2 saturated heterocycles. The summed E-state index contributed by atoms with van der Waals surface area (Å²) in [6.45, 7) is 8.92. The number of likely N-dealkylation sites (tertiary alicyclic amines) is 1. The molecule has 0 saturated carbocycles. The molecule has 2 aliphatic heterocycles. The van der Waals surface area contributed by atoms with Crippen LogP contribution in [0.1, 0.15) is 58.3 Å². The van der Waals surface area contributed by atoms with Crippen LogP contribution in [0.25, 0.3) is 0 Å². The summed E-state index contributed by atoms with van der Waals surface area (Å²) in [5, 5.41) is 0. The molecular formula is C26H43N3O2. The molecule has 3 unspecified atom stereocenters. The van der Waals surface area contributed by atoms with Gasteiger partial charge in [-0.15, -0.1) is 0 Å². The average molecular weight is 430 g/mol. The monoisotopic (exact) mass is 429 g/mol. The molecule has 0 radical (unpaired) electrons. The zero-order valence-electron chi connectivity index (χ0n) is 19.8. The van der Waals surface area contributed by atoms with E-state index in [1.54, 1.807) is 5.57 Å². The van der Waals surface area contributed by atoms with Crippen molar-refractivity contribution in [2.24, 2.45) is 11.8 Å². The predicted octanol–water partition coefficient (Wildman–Crippen LogP) is 3.71. The van der Waals surface area contributed by atoms with Crippen LogP contribution in [-0.2, 0) is 9.53 Å². The standard InChI is InChI=1S/C26H43N3O2/c1-21(22-8-4-3-5-9-22)23-12-14-29(15-13-23)26(30)20-27-16-18-28(19-17-27)24-10-6-7-11-25(24)31-2/h6,8,10,21,23-25H,3-5,7,9,11-20H2,1-2H3. The number of allylic oxidation sites excluding steroid dienone is 3. The Morgan fingerprint density at radius 3 is 2.52 bits per heavy atom. The first-order valence-corrected chi connectivity index (χ1v) is 12.8. The summed E-state index contributed by atoms with van der Waals surface area (Å²) in [6.07, 6.45) is 17.3. The minimum absolute atomic E-state index is 0.311. The van der Waals surface area contributed by atoms with E-state index in [1.165, 1.54) is 38.5 Å². The van der Waals surface area contributed by atoms with Crippen LogP contribution in [-0.4, -0.2) is 85.7 Å². The lowest BCUT2D eigenvalue weighted by Gasteiger charge is -2.42. The number of hydrogen-bond donors (Lipinski definition) is 0. The lowest BCUT2D eigenvalue weighted by molar-refractivity contribution is -0.134. The molecule has 0 aromatic heterocycles. The molecule has 0 aromatic carbocycles. The van der Waals surface area contributed by atoms with Crippen LogP contribution in [0.2, 0.25) is 0 Å². The number of ether oxygens (including phenoxy) is 1. The Balaban J connectivity index is 1.19. The molecule has 5 nitrogen and oxygen atoms in total. The van der Waals surface area contributed by atoms with Crippen LogP contribution in [0.5, 0.6) is 0 Å². The summed E-state index contributed by atoms with van der Waals surface area (Å²) < 4.78 is 5.72. The fourth-order valence-corrected chi connectivity index (χ4v) is 6.14. The van der Waals surface area contributed by atoms with Crippen molar-refractivity contribution in [3.8, 4) is 0 Å². The summed E-state index contributed by atoms with van der Waals surface area (Å²) in [7, 11) is 1.84. The van der Waals surface area contributed by atoms with Gasteiger partial charge in [-0.05, 0) is 63.2 Å². The molecule has 2 heterocycles. The third-order valence-electron chi connectivity index (χ3n) is 8.33. The number of piperazine rings is 1. The summed E-state index contributed by atoms with van der Waals surface area (Å²) in [4.78, 5) is 20.0. The number of hydrogen-bond acceptors (Lipinski definition) is 4. The van der Waals surface area contributed by atoms with Crippen LogP contribution in [0.3, 0.4) is 0 Å². The first kappa shape index (κ1) is 23.0. The minimum atomic E-state index is 0.311. The van der Waals surface area contributed by atoms with E-state index in [-0.39, 0.29) is 0 Å². The minimum Gasteiger partial charge on any atom is -0.379 e. The van der Waals surface area contributed by atoms with Gasteiger partial charge in [0.25, 0.3) is 0 Å². The highest BCUT2D eigenvalue weighted by Gasteiger charge is 2.32. The third-order valence-corrected chi connectivity index (χ3v) is 8.33. The Morgan fingerprint density at radius 2 is 1.84 bits per heavy atom. The molecule has 0 bridgehead atoms. The van der Waals surface area contributed by atoms with Crippen molar-refractivity contribution < 1.29 is 9.53 Å². The van der Waals surface area contributed by atoms with Crippen molar-refractivity contribution >= 4 is 5.91 Å². The van der Waals surface area contributed by atoms with Gasteiger partial charge in [0.1, 0.15) is 0 Å². The molecule has 3 atom stereocenters. The molecule has 4 rings (SSSR count). The molecule has 0 spiro atoms. The SMILES string of the molecule is COC1CCC=CC1N1CCN(CC(=O)N2CCC(C(C)C3=CCCCC3)CC2)CC1. The van der Waals surface area contributed by atoms with Gasteiger partial charge in [-0.25, -0.2) is 0 Å². The number of carbonyl (C=O) groups excluding carboxylic acids is 1. The fraction of sp³-hybridized carbons (Fsp3) is 0.808. The summed E-state index contributed by atoms with van der Waals surface area (Å²) in [5.74, 6) is 1.80. The van der Waals surface area contributed by atoms with Gasteiger partial charge >= 0.3 is 0 Å². The van der Waals surface area contributed by atoms with E-state index in [0.717, 1.165) is 58.0 Å². The van der Waals surface area contributed by atoms with Crippen molar-refractivity contribution in [1.29, 1.82) is 0 Å². The predicted molar refractivity (Wildman–Crippen MR) is 126 cm³/mol. The van der Waals surface area contributed by atoms with E-state index in [9.17, 15) is 4.79 Å². The number of rotatable bonds is 6. The quantitative estimate of drug-likeness (QED) is 0.603. The molecule has 2 fully saturated rings. The summed E-state index contributed by atoms with van der Waals surface area (Å²) >= 11 is 0. The summed E-state index contributed by atoms with van der Waals surface area (Å²) in [5.41, 5.74) is 1.69. The second-order valence-electron chi connectivity index (χ2n) is 10.1. The molecule has 31 heavy (non-hydrogen) atoms. The topological polar surface area (TPSA) is 36.0 Å². The number of nitrogens with zero attached hydrogens (tertiary/aromatic N) is 3. The highest BCUT2D eigenvalue weighted by Crippen LogP contribution is 2.34. The van der Waals surface area contributed by atoms with E-state index in [2.05, 4.69) is 39.9 Å².